The molecular formula is C23H28N6O2S. The topological polar surface area (TPSA) is 99.2 Å². The maximum atomic E-state index is 11.2. The van der Waals surface area contributed by atoms with Crippen molar-refractivity contribution in [1.29, 1.82) is 0 Å². The molecule has 0 spiro atoms. The predicted molar refractivity (Wildman–Crippen MR) is 124 cm³/mol. The number of carbonyl (C=O) groups is 1. The molecule has 1 unspecified atom stereocenters. The van der Waals surface area contributed by atoms with Crippen LogP contribution in [0.4, 0.5) is 0 Å². The van der Waals surface area contributed by atoms with Crippen molar-refractivity contribution in [2.24, 2.45) is 12.8 Å². The molecule has 0 aliphatic carbocycles. The van der Waals surface area contributed by atoms with E-state index in [9.17, 15) is 4.79 Å². The van der Waals surface area contributed by atoms with Crippen molar-refractivity contribution in [3.05, 3.63) is 59.3 Å². The van der Waals surface area contributed by atoms with Crippen LogP contribution in [0.2, 0.25) is 0 Å². The van der Waals surface area contributed by atoms with E-state index in [1.807, 2.05) is 11.6 Å². The first-order valence-corrected chi connectivity index (χ1v) is 11.7. The number of benzene rings is 1. The fourth-order valence-electron chi connectivity index (χ4n) is 3.68. The molecule has 1 atom stereocenters. The molecule has 4 rings (SSSR count). The van der Waals surface area contributed by atoms with Gasteiger partial charge in [0.15, 0.2) is 11.0 Å². The Morgan fingerprint density at radius 1 is 1.22 bits per heavy atom. The summed E-state index contributed by atoms with van der Waals surface area (Å²) in [5.41, 5.74) is 8.82. The number of ether oxygens (including phenoxy) is 1. The summed E-state index contributed by atoms with van der Waals surface area (Å²) in [6, 6.07) is 12.0. The number of pyridine rings is 1. The standard InChI is InChI=1S/C23H28N6O2S/c1-16-4-6-17(7-5-16)20-15-29(11-12-31-20)10-3-13-32-23-27-26-22(28(23)2)19-9-8-18(14-25-19)21(24)30/h4-9,14,20H,3,10-13,15H2,1-2H3,(H2,24,30). The van der Waals surface area contributed by atoms with Gasteiger partial charge in [-0.3, -0.25) is 14.7 Å². The Balaban J connectivity index is 1.27. The highest BCUT2D eigenvalue weighted by Gasteiger charge is 2.21. The molecule has 1 saturated heterocycles. The lowest BCUT2D eigenvalue weighted by Crippen LogP contribution is -2.39. The molecule has 168 valence electrons. The average molecular weight is 453 g/mol. The van der Waals surface area contributed by atoms with Crippen LogP contribution in [0, 0.1) is 6.92 Å². The Morgan fingerprint density at radius 2 is 2.03 bits per heavy atom. The molecule has 0 saturated carbocycles. The first-order chi connectivity index (χ1) is 15.5. The number of thioether (sulfide) groups is 1. The van der Waals surface area contributed by atoms with Crippen molar-refractivity contribution in [3.8, 4) is 11.5 Å². The van der Waals surface area contributed by atoms with Gasteiger partial charge in [0.25, 0.3) is 0 Å². The second-order valence-electron chi connectivity index (χ2n) is 7.93. The number of carbonyl (C=O) groups excluding carboxylic acids is 1. The summed E-state index contributed by atoms with van der Waals surface area (Å²) in [5, 5.41) is 9.42. The third-order valence-electron chi connectivity index (χ3n) is 5.56. The summed E-state index contributed by atoms with van der Waals surface area (Å²) in [4.78, 5) is 18.0. The van der Waals surface area contributed by atoms with Crippen molar-refractivity contribution in [2.75, 3.05) is 32.0 Å². The molecular weight excluding hydrogens is 424 g/mol. The normalized spacial score (nSPS) is 16.9. The number of nitrogens with two attached hydrogens (primary N) is 1. The SMILES string of the molecule is Cc1ccc(C2CN(CCCSc3nnc(-c4ccc(C(N)=O)cn4)n3C)CCO2)cc1. The largest absolute Gasteiger partial charge is 0.371 e. The number of hydrogen-bond acceptors (Lipinski definition) is 7. The zero-order valence-corrected chi connectivity index (χ0v) is 19.2. The molecule has 0 bridgehead atoms. The zero-order chi connectivity index (χ0) is 22.5. The van der Waals surface area contributed by atoms with Crippen LogP contribution in [0.1, 0.15) is 34.0 Å². The van der Waals surface area contributed by atoms with E-state index >= 15 is 0 Å². The van der Waals surface area contributed by atoms with E-state index < -0.39 is 5.91 Å². The monoisotopic (exact) mass is 452 g/mol. The van der Waals surface area contributed by atoms with Crippen LogP contribution < -0.4 is 5.73 Å². The summed E-state index contributed by atoms with van der Waals surface area (Å²) in [5.74, 6) is 1.12. The van der Waals surface area contributed by atoms with Gasteiger partial charge in [0, 0.05) is 32.1 Å². The first kappa shape index (κ1) is 22.4. The Labute approximate surface area is 192 Å². The number of hydrogen-bond donors (Lipinski definition) is 1. The number of aryl methyl sites for hydroxylation is 1. The molecule has 32 heavy (non-hydrogen) atoms. The third-order valence-corrected chi connectivity index (χ3v) is 6.67. The van der Waals surface area contributed by atoms with Gasteiger partial charge in [-0.1, -0.05) is 41.6 Å². The Kier molecular flexibility index (Phi) is 7.19. The minimum absolute atomic E-state index is 0.145. The van der Waals surface area contributed by atoms with Crippen LogP contribution in [0.25, 0.3) is 11.5 Å². The fourth-order valence-corrected chi connectivity index (χ4v) is 4.51. The molecule has 2 aromatic heterocycles. The number of primary amides is 1. The summed E-state index contributed by atoms with van der Waals surface area (Å²) in [6.45, 7) is 5.79. The first-order valence-electron chi connectivity index (χ1n) is 10.7. The molecule has 2 N–H and O–H groups in total. The van der Waals surface area contributed by atoms with Crippen molar-refractivity contribution in [1.82, 2.24) is 24.6 Å². The summed E-state index contributed by atoms with van der Waals surface area (Å²) in [7, 11) is 1.93. The molecule has 3 heterocycles. The highest BCUT2D eigenvalue weighted by Crippen LogP contribution is 2.24. The van der Waals surface area contributed by atoms with Gasteiger partial charge >= 0.3 is 0 Å². The molecule has 1 aromatic carbocycles. The molecule has 0 radical (unpaired) electrons. The van der Waals surface area contributed by atoms with E-state index in [0.29, 0.717) is 17.1 Å². The number of aromatic nitrogens is 4. The highest BCUT2D eigenvalue weighted by atomic mass is 32.2. The number of rotatable bonds is 8. The van der Waals surface area contributed by atoms with Gasteiger partial charge in [-0.2, -0.15) is 0 Å². The molecule has 1 fully saturated rings. The van der Waals surface area contributed by atoms with Gasteiger partial charge in [-0.15, -0.1) is 10.2 Å². The van der Waals surface area contributed by atoms with E-state index in [4.69, 9.17) is 10.5 Å². The second kappa shape index (κ2) is 10.2. The van der Waals surface area contributed by atoms with Gasteiger partial charge in [0.05, 0.1) is 18.3 Å². The molecule has 9 heteroatoms. The van der Waals surface area contributed by atoms with Gasteiger partial charge in [-0.25, -0.2) is 0 Å². The second-order valence-corrected chi connectivity index (χ2v) is 9.00. The van der Waals surface area contributed by atoms with Gasteiger partial charge in [0.1, 0.15) is 5.69 Å². The number of amides is 1. The van der Waals surface area contributed by atoms with E-state index in [1.54, 1.807) is 23.9 Å². The Hall–Kier alpha value is -2.75. The quantitative estimate of drug-likeness (QED) is 0.414. The lowest BCUT2D eigenvalue weighted by molar-refractivity contribution is -0.0297. The van der Waals surface area contributed by atoms with Crippen molar-refractivity contribution in [3.63, 3.8) is 0 Å². The van der Waals surface area contributed by atoms with Crippen LogP contribution in [-0.4, -0.2) is 62.5 Å². The average Bonchev–Trinajstić information content (AvgIpc) is 3.17. The van der Waals surface area contributed by atoms with E-state index in [-0.39, 0.29) is 6.10 Å². The molecule has 1 aliphatic heterocycles. The van der Waals surface area contributed by atoms with E-state index in [1.165, 1.54) is 17.3 Å². The maximum absolute atomic E-state index is 11.2. The number of nitrogens with zero attached hydrogens (tertiary/aromatic N) is 5. The minimum atomic E-state index is -0.497. The van der Waals surface area contributed by atoms with Crippen molar-refractivity contribution in [2.45, 2.75) is 24.6 Å². The third kappa shape index (κ3) is 5.35. The Morgan fingerprint density at radius 3 is 2.75 bits per heavy atom. The van der Waals surface area contributed by atoms with Crippen LogP contribution in [0.3, 0.4) is 0 Å². The lowest BCUT2D eigenvalue weighted by atomic mass is 10.1. The summed E-state index contributed by atoms with van der Waals surface area (Å²) >= 11 is 1.69. The molecule has 3 aromatic rings. The molecule has 8 nitrogen and oxygen atoms in total. The van der Waals surface area contributed by atoms with Gasteiger partial charge in [-0.05, 0) is 37.6 Å². The molecule has 1 aliphatic rings. The maximum Gasteiger partial charge on any atom is 0.250 e. The Bertz CT molecular complexity index is 1050. The smallest absolute Gasteiger partial charge is 0.250 e. The molecule has 1 amide bonds. The minimum Gasteiger partial charge on any atom is -0.371 e. The van der Waals surface area contributed by atoms with E-state index in [0.717, 1.165) is 43.6 Å². The number of morpholine rings is 1. The predicted octanol–water partition coefficient (Wildman–Crippen LogP) is 2.84. The van der Waals surface area contributed by atoms with Gasteiger partial charge < -0.3 is 15.0 Å². The lowest BCUT2D eigenvalue weighted by Gasteiger charge is -2.33. The van der Waals surface area contributed by atoms with Crippen molar-refractivity contribution >= 4 is 17.7 Å². The van der Waals surface area contributed by atoms with Crippen LogP contribution >= 0.6 is 11.8 Å². The van der Waals surface area contributed by atoms with Gasteiger partial charge in [0.2, 0.25) is 5.91 Å². The fraction of sp³-hybridized carbons (Fsp3) is 0.391. The van der Waals surface area contributed by atoms with Crippen LogP contribution in [0.15, 0.2) is 47.8 Å². The van der Waals surface area contributed by atoms with Crippen molar-refractivity contribution < 1.29 is 9.53 Å². The zero-order valence-electron chi connectivity index (χ0n) is 18.4. The summed E-state index contributed by atoms with van der Waals surface area (Å²) in [6.07, 6.45) is 2.66. The van der Waals surface area contributed by atoms with E-state index in [2.05, 4.69) is 51.3 Å². The van der Waals surface area contributed by atoms with Crippen LogP contribution in [0.5, 0.6) is 0 Å². The van der Waals surface area contributed by atoms with Crippen LogP contribution in [-0.2, 0) is 11.8 Å². The highest BCUT2D eigenvalue weighted by molar-refractivity contribution is 7.99. The summed E-state index contributed by atoms with van der Waals surface area (Å²) < 4.78 is 7.92.